The molecular weight excluding hydrogens is 973 g/mol. The molecule has 452 valence electrons. The first kappa shape index (κ1) is 75.1. The van der Waals surface area contributed by atoms with E-state index in [0.717, 1.165) is 122 Å². The lowest BCUT2D eigenvalue weighted by molar-refractivity contribution is -0.167. The summed E-state index contributed by atoms with van der Waals surface area (Å²) in [6.45, 7) is 6.54. The maximum Gasteiger partial charge on any atom is 0.306 e. The van der Waals surface area contributed by atoms with E-state index in [-0.39, 0.29) is 31.1 Å². The van der Waals surface area contributed by atoms with Crippen molar-refractivity contribution in [2.75, 3.05) is 13.2 Å². The second-order valence-electron chi connectivity index (χ2n) is 22.0. The van der Waals surface area contributed by atoms with Gasteiger partial charge in [0.15, 0.2) is 6.10 Å². The fourth-order valence-electron chi connectivity index (χ4n) is 9.32. The predicted molar refractivity (Wildman–Crippen MR) is 343 cm³/mol. The molecule has 6 nitrogen and oxygen atoms in total. The lowest BCUT2D eigenvalue weighted by Crippen LogP contribution is -2.30. The van der Waals surface area contributed by atoms with Crippen LogP contribution in [0.3, 0.4) is 0 Å². The van der Waals surface area contributed by atoms with Gasteiger partial charge in [-0.15, -0.1) is 0 Å². The van der Waals surface area contributed by atoms with Crippen LogP contribution in [0.5, 0.6) is 0 Å². The highest BCUT2D eigenvalue weighted by Crippen LogP contribution is 2.16. The van der Waals surface area contributed by atoms with E-state index in [1.54, 1.807) is 0 Å². The van der Waals surface area contributed by atoms with Crippen LogP contribution < -0.4 is 0 Å². The zero-order valence-electron chi connectivity index (χ0n) is 51.9. The van der Waals surface area contributed by atoms with Gasteiger partial charge in [0, 0.05) is 19.3 Å². The highest BCUT2D eigenvalue weighted by molar-refractivity contribution is 5.71. The van der Waals surface area contributed by atoms with Gasteiger partial charge in [-0.3, -0.25) is 14.4 Å². The first-order valence-corrected chi connectivity index (χ1v) is 33.4. The number of rotatable bonds is 60. The molecule has 0 saturated carbocycles. The minimum Gasteiger partial charge on any atom is -0.462 e. The van der Waals surface area contributed by atoms with Crippen molar-refractivity contribution < 1.29 is 28.6 Å². The smallest absolute Gasteiger partial charge is 0.306 e. The minimum atomic E-state index is -0.779. The number of carbonyl (C=O) groups excluding carboxylic acids is 3. The molecule has 0 heterocycles. The number of unbranched alkanes of at least 4 members (excludes halogenated alkanes) is 31. The van der Waals surface area contributed by atoms with Crippen LogP contribution in [0, 0.1) is 0 Å². The molecule has 0 aromatic heterocycles. The van der Waals surface area contributed by atoms with Gasteiger partial charge in [-0.2, -0.15) is 0 Å². The number of ether oxygens (including phenoxy) is 3. The zero-order chi connectivity index (χ0) is 57.1. The molecule has 0 amide bonds. The minimum absolute atomic E-state index is 0.0765. The van der Waals surface area contributed by atoms with E-state index in [0.29, 0.717) is 19.3 Å². The van der Waals surface area contributed by atoms with E-state index in [1.165, 1.54) is 154 Å². The molecule has 0 fully saturated rings. The molecule has 0 aromatic rings. The van der Waals surface area contributed by atoms with Crippen LogP contribution >= 0.6 is 0 Å². The van der Waals surface area contributed by atoms with E-state index < -0.39 is 6.10 Å². The Labute approximate surface area is 489 Å². The Morgan fingerprint density at radius 1 is 0.266 bits per heavy atom. The van der Waals surface area contributed by atoms with Gasteiger partial charge >= 0.3 is 17.9 Å². The largest absolute Gasteiger partial charge is 0.462 e. The van der Waals surface area contributed by atoms with E-state index >= 15 is 0 Å². The van der Waals surface area contributed by atoms with Crippen LogP contribution in [0.1, 0.15) is 316 Å². The van der Waals surface area contributed by atoms with Crippen molar-refractivity contribution in [3.05, 3.63) is 109 Å². The number of hydrogen-bond donors (Lipinski definition) is 0. The van der Waals surface area contributed by atoms with Crippen molar-refractivity contribution >= 4 is 17.9 Å². The van der Waals surface area contributed by atoms with Crippen LogP contribution in [0.25, 0.3) is 0 Å². The lowest BCUT2D eigenvalue weighted by Gasteiger charge is -2.18. The van der Waals surface area contributed by atoms with Crippen molar-refractivity contribution in [3.8, 4) is 0 Å². The van der Waals surface area contributed by atoms with E-state index in [9.17, 15) is 14.4 Å². The molecule has 6 heteroatoms. The molecule has 0 aliphatic heterocycles. The standard InChI is InChI=1S/C73H124O6/c1-4-7-10-13-16-19-22-25-26-27-28-29-30-31-32-33-34-35-36-37-38-39-40-41-42-43-44-45-46-49-51-54-57-60-63-66-72(75)78-69-70(79-73(76)67-64-61-58-55-52-48-24-21-18-15-12-9-6-3)68-77-71(74)65-62-59-56-53-50-47-23-20-17-14-11-8-5-2/h7,10,16,19,25-26,28-29,31-32,34-35,37-38,40-41,43-44,70H,4-6,8-9,11-15,17-18,20-24,27,30,33,36,39,42,45-69H2,1-3H3/b10-7-,19-16-,26-25-,29-28-,32-31-,35-34-,38-37-,41-40-,44-43-. The highest BCUT2D eigenvalue weighted by atomic mass is 16.6. The van der Waals surface area contributed by atoms with Gasteiger partial charge in [0.2, 0.25) is 0 Å². The molecule has 0 aliphatic rings. The van der Waals surface area contributed by atoms with Gasteiger partial charge in [0.05, 0.1) is 0 Å². The van der Waals surface area contributed by atoms with Crippen molar-refractivity contribution in [2.24, 2.45) is 0 Å². The Hall–Kier alpha value is -3.93. The van der Waals surface area contributed by atoms with Gasteiger partial charge in [0.1, 0.15) is 13.2 Å². The summed E-state index contributed by atoms with van der Waals surface area (Å²) < 4.78 is 16.9. The Balaban J connectivity index is 4.22. The molecule has 0 spiro atoms. The highest BCUT2D eigenvalue weighted by Gasteiger charge is 2.19. The third-order valence-corrected chi connectivity index (χ3v) is 14.3. The van der Waals surface area contributed by atoms with Gasteiger partial charge in [-0.25, -0.2) is 0 Å². The van der Waals surface area contributed by atoms with E-state index in [4.69, 9.17) is 14.2 Å². The van der Waals surface area contributed by atoms with E-state index in [2.05, 4.69) is 130 Å². The first-order chi connectivity index (χ1) is 39.0. The second kappa shape index (κ2) is 66.6. The third-order valence-electron chi connectivity index (χ3n) is 14.3. The molecule has 1 unspecified atom stereocenters. The summed E-state index contributed by atoms with van der Waals surface area (Å²) in [4.78, 5) is 38.2. The van der Waals surface area contributed by atoms with Crippen LogP contribution in [-0.2, 0) is 28.6 Å². The fourth-order valence-corrected chi connectivity index (χ4v) is 9.32. The maximum atomic E-state index is 12.9. The van der Waals surface area contributed by atoms with Crippen molar-refractivity contribution in [1.82, 2.24) is 0 Å². The summed E-state index contributed by atoms with van der Waals surface area (Å²) >= 11 is 0. The number of carbonyl (C=O) groups is 3. The molecular formula is C73H124O6. The normalized spacial score (nSPS) is 12.8. The van der Waals surface area contributed by atoms with Gasteiger partial charge in [-0.1, -0.05) is 316 Å². The predicted octanol–water partition coefficient (Wildman–Crippen LogP) is 23.0. The maximum absolute atomic E-state index is 12.9. The van der Waals surface area contributed by atoms with Crippen LogP contribution in [0.4, 0.5) is 0 Å². The lowest BCUT2D eigenvalue weighted by atomic mass is 10.0. The molecule has 0 aromatic carbocycles. The molecule has 79 heavy (non-hydrogen) atoms. The summed E-state index contributed by atoms with van der Waals surface area (Å²) in [6, 6.07) is 0. The van der Waals surface area contributed by atoms with Crippen molar-refractivity contribution in [1.29, 1.82) is 0 Å². The average molecular weight is 1100 g/mol. The van der Waals surface area contributed by atoms with Crippen LogP contribution in [0.15, 0.2) is 109 Å². The molecule has 0 saturated heterocycles. The number of hydrogen-bond acceptors (Lipinski definition) is 6. The van der Waals surface area contributed by atoms with Crippen molar-refractivity contribution in [2.45, 2.75) is 322 Å². The summed E-state index contributed by atoms with van der Waals surface area (Å²) in [6.07, 6.45) is 91.0. The zero-order valence-corrected chi connectivity index (χ0v) is 51.9. The Kier molecular flexibility index (Phi) is 63.3. The Morgan fingerprint density at radius 3 is 0.772 bits per heavy atom. The van der Waals surface area contributed by atoms with Crippen LogP contribution in [0.2, 0.25) is 0 Å². The van der Waals surface area contributed by atoms with Crippen molar-refractivity contribution in [3.63, 3.8) is 0 Å². The summed E-state index contributed by atoms with van der Waals surface area (Å²) in [5, 5.41) is 0. The fraction of sp³-hybridized carbons (Fsp3) is 0.712. The van der Waals surface area contributed by atoms with Gasteiger partial charge in [0.25, 0.3) is 0 Å². The SMILES string of the molecule is CC/C=C\C/C=C\C/C=C\C/C=C\C/C=C\C/C=C\C/C=C\C/C=C\C/C=C\CCCCCCCCCC(=O)OCC(COC(=O)CCCCCCCCCCCCCCC)OC(=O)CCCCCCCCCCCCCCC. The Morgan fingerprint density at radius 2 is 0.494 bits per heavy atom. The average Bonchev–Trinajstić information content (AvgIpc) is 3.45. The molecule has 0 rings (SSSR count). The summed E-state index contributed by atoms with van der Waals surface area (Å²) in [7, 11) is 0. The van der Waals surface area contributed by atoms with E-state index in [1.807, 2.05) is 0 Å². The first-order valence-electron chi connectivity index (χ1n) is 33.4. The molecule has 1 atom stereocenters. The molecule has 0 bridgehead atoms. The summed E-state index contributed by atoms with van der Waals surface area (Å²) in [5.74, 6) is -0.877. The van der Waals surface area contributed by atoms with Gasteiger partial charge < -0.3 is 14.2 Å². The van der Waals surface area contributed by atoms with Crippen LogP contribution in [-0.4, -0.2) is 37.2 Å². The topological polar surface area (TPSA) is 78.9 Å². The molecule has 0 radical (unpaired) electrons. The second-order valence-corrected chi connectivity index (χ2v) is 22.0. The Bertz CT molecular complexity index is 1590. The molecule has 0 N–H and O–H groups in total. The monoisotopic (exact) mass is 1100 g/mol. The quantitative estimate of drug-likeness (QED) is 0.0261. The number of allylic oxidation sites excluding steroid dienone is 18. The van der Waals surface area contributed by atoms with Gasteiger partial charge in [-0.05, 0) is 89.9 Å². The number of esters is 3. The third kappa shape index (κ3) is 64.8. The molecule has 0 aliphatic carbocycles. The summed E-state index contributed by atoms with van der Waals surface area (Å²) in [5.41, 5.74) is 0.